The number of rotatable bonds is 5. The van der Waals surface area contributed by atoms with Gasteiger partial charge in [-0.1, -0.05) is 29.8 Å². The number of hydrogen-bond acceptors (Lipinski definition) is 5. The summed E-state index contributed by atoms with van der Waals surface area (Å²) in [7, 11) is 0. The van der Waals surface area contributed by atoms with E-state index < -0.39 is 10.7 Å². The molecule has 1 aliphatic rings. The van der Waals surface area contributed by atoms with E-state index in [0.29, 0.717) is 33.8 Å². The first kappa shape index (κ1) is 20.6. The standard InChI is InChI=1S/C23H15ClFNO5/c1-13-20(30-12-15-5-6-16(25)11-19(15)24)8-7-18-22(27)21(31-23(13)18)10-14-3-2-4-17(9-14)26(28)29/h2-11H,12H2,1H3/b21-10-. The highest BCUT2D eigenvalue weighted by atomic mass is 35.5. The molecule has 0 N–H and O–H groups in total. The molecule has 3 aromatic carbocycles. The average Bonchev–Trinajstić information content (AvgIpc) is 3.05. The van der Waals surface area contributed by atoms with Crippen LogP contribution in [0.15, 0.2) is 60.4 Å². The topological polar surface area (TPSA) is 78.7 Å². The van der Waals surface area contributed by atoms with E-state index >= 15 is 0 Å². The molecule has 0 atom stereocenters. The number of non-ortho nitro benzene ring substituents is 1. The monoisotopic (exact) mass is 439 g/mol. The number of carbonyl (C=O) groups excluding carboxylic acids is 1. The third-order valence-corrected chi connectivity index (χ3v) is 5.17. The van der Waals surface area contributed by atoms with Crippen molar-refractivity contribution >= 4 is 29.1 Å². The average molecular weight is 440 g/mol. The second-order valence-electron chi connectivity index (χ2n) is 6.88. The van der Waals surface area contributed by atoms with Gasteiger partial charge in [0.1, 0.15) is 23.9 Å². The van der Waals surface area contributed by atoms with Crippen LogP contribution in [0.4, 0.5) is 10.1 Å². The number of hydrogen-bond donors (Lipinski definition) is 0. The number of benzene rings is 3. The molecule has 0 bridgehead atoms. The van der Waals surface area contributed by atoms with Crippen LogP contribution in [0, 0.1) is 22.9 Å². The van der Waals surface area contributed by atoms with E-state index in [1.54, 1.807) is 31.2 Å². The molecule has 0 saturated carbocycles. The van der Waals surface area contributed by atoms with Gasteiger partial charge in [0.2, 0.25) is 5.78 Å². The smallest absolute Gasteiger partial charge is 0.270 e. The SMILES string of the molecule is Cc1c(OCc2ccc(F)cc2Cl)ccc2c1O/C(=C\c1cccc([N+](=O)[O-])c1)C2=O. The molecular formula is C23H15ClFNO5. The van der Waals surface area contributed by atoms with Crippen molar-refractivity contribution < 1.29 is 23.6 Å². The third kappa shape index (κ3) is 4.13. The van der Waals surface area contributed by atoms with Crippen LogP contribution in [0.2, 0.25) is 5.02 Å². The fraction of sp³-hybridized carbons (Fsp3) is 0.0870. The highest BCUT2D eigenvalue weighted by molar-refractivity contribution is 6.31. The van der Waals surface area contributed by atoms with E-state index in [-0.39, 0.29) is 28.9 Å². The number of Topliss-reactive ketones (excluding diaryl/α,β-unsaturated/α-hetero) is 1. The molecule has 0 unspecified atom stereocenters. The lowest BCUT2D eigenvalue weighted by Crippen LogP contribution is -1.99. The van der Waals surface area contributed by atoms with Crippen LogP contribution in [-0.2, 0) is 6.61 Å². The van der Waals surface area contributed by atoms with Gasteiger partial charge in [-0.2, -0.15) is 0 Å². The number of nitrogens with zero attached hydrogens (tertiary/aromatic N) is 1. The van der Waals surface area contributed by atoms with Crippen molar-refractivity contribution in [3.05, 3.63) is 104 Å². The molecule has 31 heavy (non-hydrogen) atoms. The molecule has 0 saturated heterocycles. The number of halogens is 2. The predicted octanol–water partition coefficient (Wildman–Crippen LogP) is 5.89. The van der Waals surface area contributed by atoms with Gasteiger partial charge in [-0.05, 0) is 42.8 Å². The van der Waals surface area contributed by atoms with Crippen molar-refractivity contribution in [2.24, 2.45) is 0 Å². The van der Waals surface area contributed by atoms with Crippen molar-refractivity contribution in [2.45, 2.75) is 13.5 Å². The van der Waals surface area contributed by atoms with E-state index in [2.05, 4.69) is 0 Å². The molecule has 156 valence electrons. The second kappa shape index (κ2) is 8.20. The van der Waals surface area contributed by atoms with E-state index in [1.165, 1.54) is 36.4 Å². The maximum Gasteiger partial charge on any atom is 0.270 e. The van der Waals surface area contributed by atoms with Gasteiger partial charge in [0.05, 0.1) is 15.5 Å². The lowest BCUT2D eigenvalue weighted by Gasteiger charge is -2.12. The van der Waals surface area contributed by atoms with Crippen LogP contribution < -0.4 is 9.47 Å². The number of allylic oxidation sites excluding steroid dienone is 1. The molecule has 1 aliphatic heterocycles. The Balaban J connectivity index is 1.58. The molecule has 0 fully saturated rings. The van der Waals surface area contributed by atoms with E-state index in [4.69, 9.17) is 21.1 Å². The van der Waals surface area contributed by atoms with Gasteiger partial charge in [-0.25, -0.2) is 4.39 Å². The van der Waals surface area contributed by atoms with Crippen LogP contribution in [-0.4, -0.2) is 10.7 Å². The molecular weight excluding hydrogens is 425 g/mol. The summed E-state index contributed by atoms with van der Waals surface area (Å²) < 4.78 is 24.8. The van der Waals surface area contributed by atoms with Gasteiger partial charge in [-0.15, -0.1) is 0 Å². The highest BCUT2D eigenvalue weighted by Crippen LogP contribution is 2.39. The first-order valence-corrected chi connectivity index (χ1v) is 9.60. The fourth-order valence-electron chi connectivity index (χ4n) is 3.20. The number of fused-ring (bicyclic) bond motifs is 1. The number of ketones is 1. The minimum atomic E-state index is -0.505. The van der Waals surface area contributed by atoms with E-state index in [0.717, 1.165) is 0 Å². The predicted molar refractivity (Wildman–Crippen MR) is 113 cm³/mol. The molecule has 3 aromatic rings. The molecule has 0 aliphatic carbocycles. The van der Waals surface area contributed by atoms with Crippen molar-refractivity contribution in [3.8, 4) is 11.5 Å². The Labute approximate surface area is 181 Å². The van der Waals surface area contributed by atoms with Crippen molar-refractivity contribution in [1.29, 1.82) is 0 Å². The van der Waals surface area contributed by atoms with Crippen LogP contribution >= 0.6 is 11.6 Å². The Morgan fingerprint density at radius 2 is 2.00 bits per heavy atom. The molecule has 6 nitrogen and oxygen atoms in total. The summed E-state index contributed by atoms with van der Waals surface area (Å²) in [5.74, 6) is 0.167. The third-order valence-electron chi connectivity index (χ3n) is 4.81. The number of carbonyl (C=O) groups is 1. The zero-order valence-electron chi connectivity index (χ0n) is 16.2. The normalized spacial score (nSPS) is 13.8. The minimum absolute atomic E-state index is 0.0670. The Morgan fingerprint density at radius 1 is 1.19 bits per heavy atom. The molecule has 4 rings (SSSR count). The first-order valence-electron chi connectivity index (χ1n) is 9.22. The van der Waals surface area contributed by atoms with Gasteiger partial charge in [0.15, 0.2) is 5.76 Å². The van der Waals surface area contributed by atoms with Gasteiger partial charge in [-0.3, -0.25) is 14.9 Å². The summed E-state index contributed by atoms with van der Waals surface area (Å²) in [6.45, 7) is 1.87. The summed E-state index contributed by atoms with van der Waals surface area (Å²) in [4.78, 5) is 23.2. The van der Waals surface area contributed by atoms with E-state index in [1.807, 2.05) is 0 Å². The lowest BCUT2D eigenvalue weighted by atomic mass is 10.1. The van der Waals surface area contributed by atoms with Crippen LogP contribution in [0.3, 0.4) is 0 Å². The molecule has 8 heteroatoms. The molecule has 1 heterocycles. The molecule has 0 aromatic heterocycles. The highest BCUT2D eigenvalue weighted by Gasteiger charge is 2.30. The first-order chi connectivity index (χ1) is 14.8. The summed E-state index contributed by atoms with van der Waals surface area (Å²) in [6.07, 6.45) is 1.47. The summed E-state index contributed by atoms with van der Waals surface area (Å²) >= 11 is 6.04. The Bertz CT molecular complexity index is 1250. The van der Waals surface area contributed by atoms with E-state index in [9.17, 15) is 19.3 Å². The Hall–Kier alpha value is -3.71. The van der Waals surface area contributed by atoms with Crippen LogP contribution in [0.25, 0.3) is 6.08 Å². The van der Waals surface area contributed by atoms with Gasteiger partial charge in [0.25, 0.3) is 5.69 Å². The number of ether oxygens (including phenoxy) is 2. The molecule has 0 amide bonds. The largest absolute Gasteiger partial charge is 0.488 e. The maximum absolute atomic E-state index is 13.2. The number of nitro benzene ring substituents is 1. The van der Waals surface area contributed by atoms with Gasteiger partial charge in [0, 0.05) is 23.3 Å². The zero-order valence-corrected chi connectivity index (χ0v) is 17.0. The zero-order chi connectivity index (χ0) is 22.1. The van der Waals surface area contributed by atoms with Gasteiger partial charge >= 0.3 is 0 Å². The van der Waals surface area contributed by atoms with Crippen LogP contribution in [0.1, 0.15) is 27.0 Å². The van der Waals surface area contributed by atoms with Crippen molar-refractivity contribution in [3.63, 3.8) is 0 Å². The minimum Gasteiger partial charge on any atom is -0.488 e. The fourth-order valence-corrected chi connectivity index (χ4v) is 3.42. The van der Waals surface area contributed by atoms with Gasteiger partial charge < -0.3 is 9.47 Å². The second-order valence-corrected chi connectivity index (χ2v) is 7.29. The quantitative estimate of drug-likeness (QED) is 0.281. The van der Waals surface area contributed by atoms with Crippen molar-refractivity contribution in [2.75, 3.05) is 0 Å². The molecule has 0 spiro atoms. The Morgan fingerprint density at radius 3 is 2.74 bits per heavy atom. The lowest BCUT2D eigenvalue weighted by molar-refractivity contribution is -0.384. The maximum atomic E-state index is 13.2. The number of nitro groups is 1. The van der Waals surface area contributed by atoms with Crippen LogP contribution in [0.5, 0.6) is 11.5 Å². The summed E-state index contributed by atoms with van der Waals surface area (Å²) in [5, 5.41) is 11.2. The summed E-state index contributed by atoms with van der Waals surface area (Å²) in [5.41, 5.74) is 2.01. The Kier molecular flexibility index (Phi) is 5.44. The summed E-state index contributed by atoms with van der Waals surface area (Å²) in [6, 6.07) is 13.2. The molecule has 0 radical (unpaired) electrons. The van der Waals surface area contributed by atoms with Crippen molar-refractivity contribution in [1.82, 2.24) is 0 Å².